The normalized spacial score (nSPS) is 13.0. The predicted molar refractivity (Wildman–Crippen MR) is 90.7 cm³/mol. The minimum atomic E-state index is -0.519. The predicted octanol–water partition coefficient (Wildman–Crippen LogP) is 3.73. The molecular weight excluding hydrogens is 290 g/mol. The molecule has 0 fully saturated rings. The third-order valence-corrected chi connectivity index (χ3v) is 3.65. The van der Waals surface area contributed by atoms with Gasteiger partial charge in [-0.1, -0.05) is 43.3 Å². The molecule has 0 heterocycles. The van der Waals surface area contributed by atoms with Crippen LogP contribution in [0.15, 0.2) is 54.6 Å². The Balaban J connectivity index is 2.04. The minimum Gasteiger partial charge on any atom is -0.496 e. The van der Waals surface area contributed by atoms with Crippen molar-refractivity contribution in [2.75, 3.05) is 7.11 Å². The number of nitrogens with one attached hydrogen (secondary N) is 1. The minimum absolute atomic E-state index is 0.130. The number of para-hydroxylation sites is 2. The molecule has 2 aromatic carbocycles. The maximum absolute atomic E-state index is 12.5. The van der Waals surface area contributed by atoms with E-state index >= 15 is 0 Å². The number of carbonyl (C=O) groups is 1. The zero-order chi connectivity index (χ0) is 16.7. The fraction of sp³-hybridized carbons (Fsp3) is 0.316. The highest BCUT2D eigenvalue weighted by Crippen LogP contribution is 2.24. The largest absolute Gasteiger partial charge is 0.496 e. The smallest absolute Gasteiger partial charge is 0.261 e. The van der Waals surface area contributed by atoms with Crippen molar-refractivity contribution in [1.82, 2.24) is 5.32 Å². The summed E-state index contributed by atoms with van der Waals surface area (Å²) in [5.74, 6) is 1.33. The SMILES string of the molecule is CCC(Oc1ccccc1)C(=O)NC(C)c1ccccc1OC. The second-order valence-corrected chi connectivity index (χ2v) is 5.30. The molecule has 2 atom stereocenters. The summed E-state index contributed by atoms with van der Waals surface area (Å²) in [5.41, 5.74) is 0.943. The van der Waals surface area contributed by atoms with Crippen molar-refractivity contribution < 1.29 is 14.3 Å². The number of ether oxygens (including phenoxy) is 2. The summed E-state index contributed by atoms with van der Waals surface area (Å²) in [6.07, 6.45) is 0.0777. The molecule has 0 aliphatic rings. The topological polar surface area (TPSA) is 47.6 Å². The van der Waals surface area contributed by atoms with E-state index in [2.05, 4.69) is 5.32 Å². The van der Waals surface area contributed by atoms with Crippen molar-refractivity contribution >= 4 is 5.91 Å². The van der Waals surface area contributed by atoms with E-state index in [0.29, 0.717) is 12.2 Å². The van der Waals surface area contributed by atoms with Gasteiger partial charge in [0.1, 0.15) is 11.5 Å². The summed E-state index contributed by atoms with van der Waals surface area (Å²) in [4.78, 5) is 12.5. The summed E-state index contributed by atoms with van der Waals surface area (Å²) < 4.78 is 11.1. The molecule has 0 saturated heterocycles. The van der Waals surface area contributed by atoms with Crippen LogP contribution in [-0.4, -0.2) is 19.1 Å². The van der Waals surface area contributed by atoms with Gasteiger partial charge in [-0.3, -0.25) is 4.79 Å². The highest BCUT2D eigenvalue weighted by atomic mass is 16.5. The Bertz CT molecular complexity index is 628. The van der Waals surface area contributed by atoms with E-state index in [9.17, 15) is 4.79 Å². The van der Waals surface area contributed by atoms with Gasteiger partial charge in [-0.15, -0.1) is 0 Å². The van der Waals surface area contributed by atoms with Gasteiger partial charge in [0, 0.05) is 5.56 Å². The molecule has 0 bridgehead atoms. The van der Waals surface area contributed by atoms with Crippen LogP contribution in [0.2, 0.25) is 0 Å². The van der Waals surface area contributed by atoms with Crippen molar-refractivity contribution in [3.8, 4) is 11.5 Å². The van der Waals surface area contributed by atoms with Crippen LogP contribution in [0.5, 0.6) is 11.5 Å². The molecule has 2 unspecified atom stereocenters. The molecule has 0 radical (unpaired) electrons. The van der Waals surface area contributed by atoms with E-state index in [1.807, 2.05) is 68.4 Å². The van der Waals surface area contributed by atoms with Crippen molar-refractivity contribution in [2.24, 2.45) is 0 Å². The van der Waals surface area contributed by atoms with Gasteiger partial charge in [0.15, 0.2) is 6.10 Å². The molecule has 122 valence electrons. The van der Waals surface area contributed by atoms with Crippen LogP contribution in [0.25, 0.3) is 0 Å². The lowest BCUT2D eigenvalue weighted by molar-refractivity contribution is -0.128. The number of benzene rings is 2. The average Bonchev–Trinajstić information content (AvgIpc) is 2.60. The Morgan fingerprint density at radius 2 is 1.74 bits per heavy atom. The molecule has 4 nitrogen and oxygen atoms in total. The van der Waals surface area contributed by atoms with E-state index in [0.717, 1.165) is 11.3 Å². The van der Waals surface area contributed by atoms with Crippen molar-refractivity contribution in [1.29, 1.82) is 0 Å². The van der Waals surface area contributed by atoms with Crippen molar-refractivity contribution in [3.63, 3.8) is 0 Å². The number of amides is 1. The Morgan fingerprint density at radius 1 is 1.09 bits per heavy atom. The number of carbonyl (C=O) groups excluding carboxylic acids is 1. The first-order valence-corrected chi connectivity index (χ1v) is 7.80. The third kappa shape index (κ3) is 4.49. The van der Waals surface area contributed by atoms with E-state index in [1.165, 1.54) is 0 Å². The first-order valence-electron chi connectivity index (χ1n) is 7.80. The fourth-order valence-electron chi connectivity index (χ4n) is 2.39. The van der Waals surface area contributed by atoms with Crippen LogP contribution in [0, 0.1) is 0 Å². The van der Waals surface area contributed by atoms with Crippen LogP contribution < -0.4 is 14.8 Å². The molecule has 2 aromatic rings. The van der Waals surface area contributed by atoms with Gasteiger partial charge in [0.25, 0.3) is 5.91 Å². The summed E-state index contributed by atoms with van der Waals surface area (Å²) >= 11 is 0. The standard InChI is InChI=1S/C19H23NO3/c1-4-17(23-15-10-6-5-7-11-15)19(21)20-14(2)16-12-8-9-13-18(16)22-3/h5-14,17H,4H2,1-3H3,(H,20,21). The Morgan fingerprint density at radius 3 is 2.39 bits per heavy atom. The van der Waals surface area contributed by atoms with Gasteiger partial charge in [-0.05, 0) is 31.5 Å². The van der Waals surface area contributed by atoms with E-state index in [1.54, 1.807) is 7.11 Å². The Labute approximate surface area is 137 Å². The van der Waals surface area contributed by atoms with Gasteiger partial charge in [0.05, 0.1) is 13.2 Å². The highest BCUT2D eigenvalue weighted by Gasteiger charge is 2.21. The third-order valence-electron chi connectivity index (χ3n) is 3.65. The van der Waals surface area contributed by atoms with Crippen LogP contribution in [0.4, 0.5) is 0 Å². The zero-order valence-corrected chi connectivity index (χ0v) is 13.8. The maximum Gasteiger partial charge on any atom is 0.261 e. The summed E-state index contributed by atoms with van der Waals surface area (Å²) in [7, 11) is 1.63. The quantitative estimate of drug-likeness (QED) is 0.847. The van der Waals surface area contributed by atoms with Crippen LogP contribution >= 0.6 is 0 Å². The highest BCUT2D eigenvalue weighted by molar-refractivity contribution is 5.81. The van der Waals surface area contributed by atoms with E-state index < -0.39 is 6.10 Å². The molecule has 2 rings (SSSR count). The molecule has 1 amide bonds. The molecule has 0 spiro atoms. The lowest BCUT2D eigenvalue weighted by Crippen LogP contribution is -2.39. The average molecular weight is 313 g/mol. The molecule has 4 heteroatoms. The first-order chi connectivity index (χ1) is 11.2. The summed E-state index contributed by atoms with van der Waals surface area (Å²) in [5, 5.41) is 3.00. The number of hydrogen-bond acceptors (Lipinski definition) is 3. The van der Waals surface area contributed by atoms with Gasteiger partial charge < -0.3 is 14.8 Å². The monoisotopic (exact) mass is 313 g/mol. The van der Waals surface area contributed by atoms with E-state index in [4.69, 9.17) is 9.47 Å². The molecule has 0 aliphatic heterocycles. The van der Waals surface area contributed by atoms with Crippen molar-refractivity contribution in [3.05, 3.63) is 60.2 Å². The van der Waals surface area contributed by atoms with Gasteiger partial charge >= 0.3 is 0 Å². The molecule has 0 aromatic heterocycles. The lowest BCUT2D eigenvalue weighted by atomic mass is 10.1. The fourth-order valence-corrected chi connectivity index (χ4v) is 2.39. The Kier molecular flexibility index (Phi) is 6.03. The van der Waals surface area contributed by atoms with Gasteiger partial charge in [-0.2, -0.15) is 0 Å². The summed E-state index contributed by atoms with van der Waals surface area (Å²) in [6, 6.07) is 16.9. The molecule has 23 heavy (non-hydrogen) atoms. The number of hydrogen-bond donors (Lipinski definition) is 1. The molecule has 1 N–H and O–H groups in total. The van der Waals surface area contributed by atoms with E-state index in [-0.39, 0.29) is 11.9 Å². The second kappa shape index (κ2) is 8.22. The zero-order valence-electron chi connectivity index (χ0n) is 13.8. The first kappa shape index (κ1) is 16.9. The van der Waals surface area contributed by atoms with Gasteiger partial charge in [0.2, 0.25) is 0 Å². The van der Waals surface area contributed by atoms with Crippen molar-refractivity contribution in [2.45, 2.75) is 32.4 Å². The van der Waals surface area contributed by atoms with Crippen LogP contribution in [0.3, 0.4) is 0 Å². The van der Waals surface area contributed by atoms with Crippen LogP contribution in [0.1, 0.15) is 31.9 Å². The lowest BCUT2D eigenvalue weighted by Gasteiger charge is -2.21. The molecule has 0 saturated carbocycles. The maximum atomic E-state index is 12.5. The van der Waals surface area contributed by atoms with Crippen LogP contribution in [-0.2, 0) is 4.79 Å². The summed E-state index contributed by atoms with van der Waals surface area (Å²) in [6.45, 7) is 3.87. The Hall–Kier alpha value is -2.49. The number of rotatable bonds is 7. The molecular formula is C19H23NO3. The number of methoxy groups -OCH3 is 1. The second-order valence-electron chi connectivity index (χ2n) is 5.30. The van der Waals surface area contributed by atoms with Gasteiger partial charge in [-0.25, -0.2) is 0 Å². The molecule has 0 aliphatic carbocycles.